The molecular weight excluding hydrogens is 420 g/mol. The summed E-state index contributed by atoms with van der Waals surface area (Å²) in [5.74, 6) is -0.0262. The van der Waals surface area contributed by atoms with Gasteiger partial charge in [0.25, 0.3) is 11.8 Å². The second-order valence-electron chi connectivity index (χ2n) is 8.08. The molecule has 0 radical (unpaired) electrons. The molecule has 0 heterocycles. The molecule has 0 aliphatic carbocycles. The highest BCUT2D eigenvalue weighted by atomic mass is 79.9. The predicted octanol–water partition coefficient (Wildman–Crippen LogP) is 4.86. The van der Waals surface area contributed by atoms with Gasteiger partial charge < -0.3 is 4.74 Å². The van der Waals surface area contributed by atoms with Crippen molar-refractivity contribution in [3.8, 4) is 5.75 Å². The Kier molecular flexibility index (Phi) is 7.24. The summed E-state index contributed by atoms with van der Waals surface area (Å²) in [6, 6.07) is 12.5. The average Bonchev–Trinajstić information content (AvgIpc) is 2.64. The number of carbonyl (C=O) groups is 2. The molecule has 28 heavy (non-hydrogen) atoms. The standard InChI is InChI=1S/C22H27BrN2O3/c1-14(2)13-28-19-11-10-17(23)12-18(19)21(27)25-24-20(26)15-6-8-16(9-7-15)22(3,4)5/h6-12,14H,13H2,1-5H3,(H,24,26)(H,25,27). The number of rotatable bonds is 5. The number of nitrogens with one attached hydrogen (secondary N) is 2. The first kappa shape index (κ1) is 22.0. The molecule has 0 spiro atoms. The van der Waals surface area contributed by atoms with Crippen LogP contribution >= 0.6 is 15.9 Å². The molecule has 0 aliphatic rings. The third-order valence-corrected chi connectivity index (χ3v) is 4.55. The molecule has 0 fully saturated rings. The Balaban J connectivity index is 2.05. The van der Waals surface area contributed by atoms with Gasteiger partial charge in [0.2, 0.25) is 0 Å². The van der Waals surface area contributed by atoms with E-state index in [0.29, 0.717) is 29.4 Å². The highest BCUT2D eigenvalue weighted by molar-refractivity contribution is 9.10. The number of hydrazine groups is 1. The van der Waals surface area contributed by atoms with Crippen LogP contribution in [0, 0.1) is 5.92 Å². The van der Waals surface area contributed by atoms with Crippen LogP contribution in [0.3, 0.4) is 0 Å². The Morgan fingerprint density at radius 3 is 2.18 bits per heavy atom. The molecular formula is C22H27BrN2O3. The molecule has 0 bridgehead atoms. The van der Waals surface area contributed by atoms with E-state index in [-0.39, 0.29) is 11.3 Å². The minimum Gasteiger partial charge on any atom is -0.492 e. The zero-order valence-electron chi connectivity index (χ0n) is 16.9. The van der Waals surface area contributed by atoms with Crippen molar-refractivity contribution < 1.29 is 14.3 Å². The van der Waals surface area contributed by atoms with E-state index < -0.39 is 5.91 Å². The van der Waals surface area contributed by atoms with Crippen molar-refractivity contribution in [2.75, 3.05) is 6.61 Å². The topological polar surface area (TPSA) is 67.4 Å². The van der Waals surface area contributed by atoms with Crippen LogP contribution in [0.25, 0.3) is 0 Å². The second-order valence-corrected chi connectivity index (χ2v) is 9.00. The van der Waals surface area contributed by atoms with E-state index in [1.165, 1.54) is 0 Å². The Bertz CT molecular complexity index is 840. The fourth-order valence-electron chi connectivity index (χ4n) is 2.44. The zero-order valence-corrected chi connectivity index (χ0v) is 18.5. The largest absolute Gasteiger partial charge is 0.492 e. The van der Waals surface area contributed by atoms with Gasteiger partial charge in [-0.05, 0) is 47.2 Å². The van der Waals surface area contributed by atoms with Gasteiger partial charge in [0.1, 0.15) is 5.75 Å². The van der Waals surface area contributed by atoms with Gasteiger partial charge in [-0.3, -0.25) is 20.4 Å². The van der Waals surface area contributed by atoms with Crippen molar-refractivity contribution in [1.82, 2.24) is 10.9 Å². The van der Waals surface area contributed by atoms with Crippen LogP contribution in [0.15, 0.2) is 46.9 Å². The third kappa shape index (κ3) is 6.09. The summed E-state index contributed by atoms with van der Waals surface area (Å²) in [7, 11) is 0. The van der Waals surface area contributed by atoms with E-state index in [0.717, 1.165) is 10.0 Å². The molecule has 2 rings (SSSR count). The minimum absolute atomic E-state index is 0.0102. The van der Waals surface area contributed by atoms with E-state index in [2.05, 4.69) is 47.6 Å². The van der Waals surface area contributed by atoms with Crippen molar-refractivity contribution >= 4 is 27.7 Å². The maximum Gasteiger partial charge on any atom is 0.273 e. The van der Waals surface area contributed by atoms with Gasteiger partial charge in [0, 0.05) is 10.0 Å². The van der Waals surface area contributed by atoms with E-state index >= 15 is 0 Å². The lowest BCUT2D eigenvalue weighted by Gasteiger charge is -2.19. The first-order valence-corrected chi connectivity index (χ1v) is 10.0. The molecule has 0 aliphatic heterocycles. The number of hydrogen-bond donors (Lipinski definition) is 2. The quantitative estimate of drug-likeness (QED) is 0.644. The van der Waals surface area contributed by atoms with Crippen LogP contribution in [0.4, 0.5) is 0 Å². The molecule has 0 saturated carbocycles. The van der Waals surface area contributed by atoms with Crippen LogP contribution in [0.1, 0.15) is 60.9 Å². The van der Waals surface area contributed by atoms with Crippen molar-refractivity contribution in [3.63, 3.8) is 0 Å². The highest BCUT2D eigenvalue weighted by Gasteiger charge is 2.17. The van der Waals surface area contributed by atoms with Gasteiger partial charge in [0.15, 0.2) is 0 Å². The summed E-state index contributed by atoms with van der Waals surface area (Å²) >= 11 is 3.36. The van der Waals surface area contributed by atoms with Crippen LogP contribution in [-0.2, 0) is 5.41 Å². The average molecular weight is 447 g/mol. The van der Waals surface area contributed by atoms with E-state index in [9.17, 15) is 9.59 Å². The molecule has 2 amide bonds. The number of benzene rings is 2. The summed E-state index contributed by atoms with van der Waals surface area (Å²) in [6.07, 6.45) is 0. The summed E-state index contributed by atoms with van der Waals surface area (Å²) < 4.78 is 6.47. The number of carbonyl (C=O) groups excluding carboxylic acids is 2. The molecule has 2 N–H and O–H groups in total. The lowest BCUT2D eigenvalue weighted by atomic mass is 9.87. The number of halogens is 1. The number of ether oxygens (including phenoxy) is 1. The van der Waals surface area contributed by atoms with Crippen LogP contribution in [0.2, 0.25) is 0 Å². The number of amides is 2. The Morgan fingerprint density at radius 2 is 1.61 bits per heavy atom. The minimum atomic E-state index is -0.445. The summed E-state index contributed by atoms with van der Waals surface area (Å²) in [5.41, 5.74) is 6.88. The molecule has 0 aromatic heterocycles. The predicted molar refractivity (Wildman–Crippen MR) is 115 cm³/mol. The second kappa shape index (κ2) is 9.24. The van der Waals surface area contributed by atoms with E-state index in [4.69, 9.17) is 4.74 Å². The van der Waals surface area contributed by atoms with Gasteiger partial charge in [-0.2, -0.15) is 0 Å². The molecule has 0 saturated heterocycles. The molecule has 0 unspecified atom stereocenters. The monoisotopic (exact) mass is 446 g/mol. The first-order valence-electron chi connectivity index (χ1n) is 9.21. The highest BCUT2D eigenvalue weighted by Crippen LogP contribution is 2.24. The lowest BCUT2D eigenvalue weighted by molar-refractivity contribution is 0.0844. The van der Waals surface area contributed by atoms with Gasteiger partial charge >= 0.3 is 0 Å². The smallest absolute Gasteiger partial charge is 0.273 e. The van der Waals surface area contributed by atoms with E-state index in [1.807, 2.05) is 32.0 Å². The van der Waals surface area contributed by atoms with Crippen LogP contribution in [-0.4, -0.2) is 18.4 Å². The van der Waals surface area contributed by atoms with Gasteiger partial charge in [0.05, 0.1) is 12.2 Å². The summed E-state index contributed by atoms with van der Waals surface area (Å²) in [6.45, 7) is 10.9. The van der Waals surface area contributed by atoms with Crippen molar-refractivity contribution in [3.05, 3.63) is 63.6 Å². The molecule has 6 heteroatoms. The van der Waals surface area contributed by atoms with Crippen molar-refractivity contribution in [1.29, 1.82) is 0 Å². The van der Waals surface area contributed by atoms with Gasteiger partial charge in [-0.1, -0.05) is 62.7 Å². The fraction of sp³-hybridized carbons (Fsp3) is 0.364. The normalized spacial score (nSPS) is 11.2. The first-order chi connectivity index (χ1) is 13.1. The summed E-state index contributed by atoms with van der Waals surface area (Å²) in [5, 5.41) is 0. The molecule has 5 nitrogen and oxygen atoms in total. The lowest BCUT2D eigenvalue weighted by Crippen LogP contribution is -2.41. The van der Waals surface area contributed by atoms with Gasteiger partial charge in [-0.15, -0.1) is 0 Å². The van der Waals surface area contributed by atoms with E-state index in [1.54, 1.807) is 24.3 Å². The molecule has 0 atom stereocenters. The van der Waals surface area contributed by atoms with Crippen molar-refractivity contribution in [2.45, 2.75) is 40.0 Å². The Morgan fingerprint density at radius 1 is 1.00 bits per heavy atom. The third-order valence-electron chi connectivity index (χ3n) is 4.06. The SMILES string of the molecule is CC(C)COc1ccc(Br)cc1C(=O)NNC(=O)c1ccc(C(C)(C)C)cc1. The fourth-order valence-corrected chi connectivity index (χ4v) is 2.80. The Hall–Kier alpha value is -2.34. The molecule has 2 aromatic rings. The van der Waals surface area contributed by atoms with Crippen molar-refractivity contribution in [2.24, 2.45) is 5.92 Å². The summed E-state index contributed by atoms with van der Waals surface area (Å²) in [4.78, 5) is 24.9. The molecule has 2 aromatic carbocycles. The molecule has 150 valence electrons. The van der Waals surface area contributed by atoms with Crippen LogP contribution < -0.4 is 15.6 Å². The zero-order chi connectivity index (χ0) is 20.9. The van der Waals surface area contributed by atoms with Crippen LogP contribution in [0.5, 0.6) is 5.75 Å². The number of hydrogen-bond acceptors (Lipinski definition) is 3. The van der Waals surface area contributed by atoms with Gasteiger partial charge in [-0.25, -0.2) is 0 Å². The maximum absolute atomic E-state index is 12.6. The maximum atomic E-state index is 12.6. The Labute approximate surface area is 175 Å².